The Morgan fingerprint density at radius 1 is 1.00 bits per heavy atom. The molecule has 1 heterocycles. The largest absolute Gasteiger partial charge is 0.490 e. The zero-order valence-corrected chi connectivity index (χ0v) is 20.1. The number of carbonyl (C=O) groups is 1. The van der Waals surface area contributed by atoms with E-state index in [1.165, 1.54) is 5.01 Å². The SMILES string of the molecule is CCOc1cc(/C=C2/C(=O)N(c3ccccc3)N=C2C)cc(I)c1OCc1ccccc1. The lowest BCUT2D eigenvalue weighted by atomic mass is 10.1. The summed E-state index contributed by atoms with van der Waals surface area (Å²) in [5.74, 6) is 1.21. The van der Waals surface area contributed by atoms with Crippen molar-refractivity contribution in [3.63, 3.8) is 0 Å². The van der Waals surface area contributed by atoms with E-state index in [1.54, 1.807) is 0 Å². The van der Waals surface area contributed by atoms with Gasteiger partial charge in [-0.1, -0.05) is 48.5 Å². The van der Waals surface area contributed by atoms with Gasteiger partial charge in [-0.3, -0.25) is 4.79 Å². The van der Waals surface area contributed by atoms with Crippen LogP contribution in [0.2, 0.25) is 0 Å². The van der Waals surface area contributed by atoms with Crippen LogP contribution in [-0.2, 0) is 11.4 Å². The zero-order chi connectivity index (χ0) is 22.5. The average Bonchev–Trinajstić information content (AvgIpc) is 3.08. The molecule has 0 radical (unpaired) electrons. The molecule has 0 saturated heterocycles. The van der Waals surface area contributed by atoms with Crippen molar-refractivity contribution in [1.82, 2.24) is 0 Å². The third kappa shape index (κ3) is 4.85. The second-order valence-electron chi connectivity index (χ2n) is 7.23. The summed E-state index contributed by atoms with van der Waals surface area (Å²) in [6, 6.07) is 23.3. The van der Waals surface area contributed by atoms with Gasteiger partial charge >= 0.3 is 0 Å². The van der Waals surface area contributed by atoms with E-state index in [-0.39, 0.29) is 5.91 Å². The van der Waals surface area contributed by atoms with E-state index in [1.807, 2.05) is 92.7 Å². The van der Waals surface area contributed by atoms with E-state index in [0.717, 1.165) is 20.4 Å². The molecule has 162 valence electrons. The van der Waals surface area contributed by atoms with Crippen LogP contribution >= 0.6 is 22.6 Å². The highest BCUT2D eigenvalue weighted by Crippen LogP contribution is 2.36. The van der Waals surface area contributed by atoms with Crippen LogP contribution < -0.4 is 14.5 Å². The maximum absolute atomic E-state index is 13.0. The first-order chi connectivity index (χ1) is 15.6. The number of benzene rings is 3. The van der Waals surface area contributed by atoms with Crippen LogP contribution in [0.5, 0.6) is 11.5 Å². The van der Waals surface area contributed by atoms with Crippen LogP contribution in [0.25, 0.3) is 6.08 Å². The Morgan fingerprint density at radius 3 is 2.38 bits per heavy atom. The number of carbonyl (C=O) groups excluding carboxylic acids is 1. The van der Waals surface area contributed by atoms with E-state index < -0.39 is 0 Å². The monoisotopic (exact) mass is 538 g/mol. The summed E-state index contributed by atoms with van der Waals surface area (Å²) < 4.78 is 12.9. The van der Waals surface area contributed by atoms with Gasteiger partial charge in [-0.05, 0) is 77.9 Å². The van der Waals surface area contributed by atoms with Crippen molar-refractivity contribution < 1.29 is 14.3 Å². The minimum absolute atomic E-state index is 0.147. The van der Waals surface area contributed by atoms with E-state index in [0.29, 0.717) is 36.0 Å². The molecule has 6 heteroatoms. The van der Waals surface area contributed by atoms with Gasteiger partial charge in [-0.15, -0.1) is 0 Å². The second-order valence-corrected chi connectivity index (χ2v) is 8.40. The van der Waals surface area contributed by atoms with Crippen molar-refractivity contribution in [2.24, 2.45) is 5.10 Å². The molecule has 0 N–H and O–H groups in total. The standard InChI is InChI=1S/C26H23IN2O3/c1-3-31-24-16-20(15-23(27)25(24)32-17-19-10-6-4-7-11-19)14-22-18(2)28-29(26(22)30)21-12-8-5-9-13-21/h4-16H,3,17H2,1-2H3/b22-14+. The first-order valence-electron chi connectivity index (χ1n) is 10.4. The highest BCUT2D eigenvalue weighted by molar-refractivity contribution is 14.1. The Kier molecular flexibility index (Phi) is 6.90. The first kappa shape index (κ1) is 22.1. The summed E-state index contributed by atoms with van der Waals surface area (Å²) >= 11 is 2.24. The van der Waals surface area contributed by atoms with Crippen LogP contribution in [0.4, 0.5) is 5.69 Å². The van der Waals surface area contributed by atoms with Crippen LogP contribution in [-0.4, -0.2) is 18.2 Å². The molecule has 0 aliphatic carbocycles. The van der Waals surface area contributed by atoms with E-state index in [4.69, 9.17) is 9.47 Å². The normalized spacial score (nSPS) is 14.6. The zero-order valence-electron chi connectivity index (χ0n) is 17.9. The van der Waals surface area contributed by atoms with E-state index in [2.05, 4.69) is 27.7 Å². The number of hydrazone groups is 1. The molecule has 5 nitrogen and oxygen atoms in total. The number of rotatable bonds is 7. The molecule has 0 aromatic heterocycles. The predicted octanol–water partition coefficient (Wildman–Crippen LogP) is 6.08. The van der Waals surface area contributed by atoms with Crippen molar-refractivity contribution in [1.29, 1.82) is 0 Å². The maximum Gasteiger partial charge on any atom is 0.280 e. The Bertz CT molecular complexity index is 1170. The fourth-order valence-electron chi connectivity index (χ4n) is 3.40. The van der Waals surface area contributed by atoms with Crippen molar-refractivity contribution >= 4 is 46.0 Å². The van der Waals surface area contributed by atoms with Crippen molar-refractivity contribution in [2.45, 2.75) is 20.5 Å². The van der Waals surface area contributed by atoms with Crippen molar-refractivity contribution in [3.8, 4) is 11.5 Å². The van der Waals surface area contributed by atoms with Gasteiger partial charge < -0.3 is 9.47 Å². The number of nitrogens with zero attached hydrogens (tertiary/aromatic N) is 2. The molecule has 0 atom stereocenters. The molecule has 3 aromatic rings. The summed E-state index contributed by atoms with van der Waals surface area (Å²) in [5.41, 5.74) is 3.93. The summed E-state index contributed by atoms with van der Waals surface area (Å²) in [6.45, 7) is 4.75. The lowest BCUT2D eigenvalue weighted by Gasteiger charge is -2.15. The van der Waals surface area contributed by atoms with Gasteiger partial charge in [-0.25, -0.2) is 0 Å². The molecule has 1 aliphatic heterocycles. The predicted molar refractivity (Wildman–Crippen MR) is 136 cm³/mol. The molecule has 4 rings (SSSR count). The second kappa shape index (κ2) is 9.99. The summed E-state index contributed by atoms with van der Waals surface area (Å²) in [5, 5.41) is 5.89. The number of ether oxygens (including phenoxy) is 2. The third-order valence-corrected chi connectivity index (χ3v) is 5.73. The number of para-hydroxylation sites is 1. The summed E-state index contributed by atoms with van der Waals surface area (Å²) in [6.07, 6.45) is 1.86. The number of amides is 1. The smallest absolute Gasteiger partial charge is 0.280 e. The van der Waals surface area contributed by atoms with Crippen LogP contribution in [0, 0.1) is 3.57 Å². The molecule has 32 heavy (non-hydrogen) atoms. The lowest BCUT2D eigenvalue weighted by Crippen LogP contribution is -2.21. The van der Waals surface area contributed by atoms with Gasteiger partial charge in [0.25, 0.3) is 5.91 Å². The number of hydrogen-bond acceptors (Lipinski definition) is 4. The van der Waals surface area contributed by atoms with E-state index in [9.17, 15) is 4.79 Å². The lowest BCUT2D eigenvalue weighted by molar-refractivity contribution is -0.114. The van der Waals surface area contributed by atoms with Gasteiger partial charge in [0.15, 0.2) is 11.5 Å². The summed E-state index contributed by atoms with van der Waals surface area (Å²) in [4.78, 5) is 13.0. The van der Waals surface area contributed by atoms with Crippen molar-refractivity contribution in [3.05, 3.63) is 93.1 Å². The first-order valence-corrected chi connectivity index (χ1v) is 11.4. The van der Waals surface area contributed by atoms with Gasteiger partial charge in [0, 0.05) is 0 Å². The molecule has 1 aliphatic rings. The van der Waals surface area contributed by atoms with Gasteiger partial charge in [0.2, 0.25) is 0 Å². The fourth-order valence-corrected chi connectivity index (χ4v) is 4.18. The molecule has 0 spiro atoms. The van der Waals surface area contributed by atoms with Crippen LogP contribution in [0.1, 0.15) is 25.0 Å². The molecular weight excluding hydrogens is 515 g/mol. The van der Waals surface area contributed by atoms with Crippen LogP contribution in [0.3, 0.4) is 0 Å². The number of anilines is 1. The van der Waals surface area contributed by atoms with E-state index >= 15 is 0 Å². The number of hydrogen-bond donors (Lipinski definition) is 0. The number of halogens is 1. The fraction of sp³-hybridized carbons (Fsp3) is 0.154. The Balaban J connectivity index is 1.62. The Hall–Kier alpha value is -3.13. The van der Waals surface area contributed by atoms with Crippen LogP contribution in [0.15, 0.2) is 83.5 Å². The molecular formula is C26H23IN2O3. The van der Waals surface area contributed by atoms with Gasteiger partial charge in [0.05, 0.1) is 27.1 Å². The Labute approximate surface area is 201 Å². The Morgan fingerprint density at radius 2 is 1.69 bits per heavy atom. The topological polar surface area (TPSA) is 51.1 Å². The highest BCUT2D eigenvalue weighted by Gasteiger charge is 2.28. The van der Waals surface area contributed by atoms with Gasteiger partial charge in [-0.2, -0.15) is 10.1 Å². The average molecular weight is 538 g/mol. The van der Waals surface area contributed by atoms with Gasteiger partial charge in [0.1, 0.15) is 6.61 Å². The molecule has 0 saturated carbocycles. The minimum atomic E-state index is -0.147. The van der Waals surface area contributed by atoms with Crippen molar-refractivity contribution in [2.75, 3.05) is 11.6 Å². The molecule has 3 aromatic carbocycles. The molecule has 0 bridgehead atoms. The molecule has 1 amide bonds. The molecule has 0 fully saturated rings. The minimum Gasteiger partial charge on any atom is -0.490 e. The molecule has 0 unspecified atom stereocenters. The quantitative estimate of drug-likeness (QED) is 0.271. The third-order valence-electron chi connectivity index (χ3n) is 4.93. The summed E-state index contributed by atoms with van der Waals surface area (Å²) in [7, 11) is 0. The highest BCUT2D eigenvalue weighted by atomic mass is 127. The maximum atomic E-state index is 13.0.